The van der Waals surface area contributed by atoms with E-state index < -0.39 is 0 Å². The molecule has 0 amide bonds. The summed E-state index contributed by atoms with van der Waals surface area (Å²) in [5, 5.41) is 0. The molecule has 1 saturated carbocycles. The van der Waals surface area contributed by atoms with Crippen LogP contribution in [0.1, 0.15) is 37.7 Å². The van der Waals surface area contributed by atoms with E-state index in [1.807, 2.05) is 0 Å². The molecule has 0 radical (unpaired) electrons. The number of anilines is 1. The second kappa shape index (κ2) is 5.29. The molecule has 3 fully saturated rings. The van der Waals surface area contributed by atoms with E-state index in [9.17, 15) is 0 Å². The van der Waals surface area contributed by atoms with E-state index in [2.05, 4.69) is 34.1 Å². The van der Waals surface area contributed by atoms with Gasteiger partial charge in [-0.3, -0.25) is 4.90 Å². The Hall–Kier alpha value is -1.06. The van der Waals surface area contributed by atoms with Crippen LogP contribution in [0.25, 0.3) is 0 Å². The predicted molar refractivity (Wildman–Crippen MR) is 87.4 cm³/mol. The quantitative estimate of drug-likeness (QED) is 0.866. The molecule has 3 heteroatoms. The fourth-order valence-electron chi connectivity index (χ4n) is 4.38. The number of nitrogen functional groups attached to an aromatic ring is 1. The molecule has 4 rings (SSSR count). The van der Waals surface area contributed by atoms with E-state index >= 15 is 0 Å². The second-order valence-electron chi connectivity index (χ2n) is 7.32. The van der Waals surface area contributed by atoms with Gasteiger partial charge in [0.25, 0.3) is 0 Å². The van der Waals surface area contributed by atoms with Crippen molar-refractivity contribution in [1.29, 1.82) is 0 Å². The van der Waals surface area contributed by atoms with E-state index in [0.717, 1.165) is 11.7 Å². The lowest BCUT2D eigenvalue weighted by Gasteiger charge is -2.29. The molecular weight excluding hydrogens is 258 g/mol. The summed E-state index contributed by atoms with van der Waals surface area (Å²) < 4.78 is 0. The summed E-state index contributed by atoms with van der Waals surface area (Å²) in [5.74, 6) is 0. The third-order valence-corrected chi connectivity index (χ3v) is 5.79. The van der Waals surface area contributed by atoms with Crippen LogP contribution >= 0.6 is 0 Å². The summed E-state index contributed by atoms with van der Waals surface area (Å²) in [6, 6.07) is 9.46. The molecule has 0 bridgehead atoms. The van der Waals surface area contributed by atoms with Crippen LogP contribution in [-0.2, 0) is 5.41 Å². The van der Waals surface area contributed by atoms with Crippen LogP contribution in [0.4, 0.5) is 5.69 Å². The SMILES string of the molecule is Nc1ccc(C2(CN3CCCN4CCCC4C3)CC2)cc1. The first-order valence-corrected chi connectivity index (χ1v) is 8.58. The Kier molecular flexibility index (Phi) is 3.43. The highest BCUT2D eigenvalue weighted by Crippen LogP contribution is 2.49. The lowest BCUT2D eigenvalue weighted by Crippen LogP contribution is -2.40. The summed E-state index contributed by atoms with van der Waals surface area (Å²) in [6.07, 6.45) is 6.85. The van der Waals surface area contributed by atoms with Gasteiger partial charge in [-0.05, 0) is 69.4 Å². The van der Waals surface area contributed by atoms with Crippen molar-refractivity contribution in [3.05, 3.63) is 29.8 Å². The Balaban J connectivity index is 1.46. The van der Waals surface area contributed by atoms with E-state index in [4.69, 9.17) is 5.73 Å². The van der Waals surface area contributed by atoms with E-state index in [1.54, 1.807) is 0 Å². The summed E-state index contributed by atoms with van der Waals surface area (Å²) in [7, 11) is 0. The van der Waals surface area contributed by atoms with Gasteiger partial charge in [0.15, 0.2) is 0 Å². The van der Waals surface area contributed by atoms with Crippen LogP contribution in [0.2, 0.25) is 0 Å². The van der Waals surface area contributed by atoms with Gasteiger partial charge in [-0.25, -0.2) is 0 Å². The number of hydrogen-bond donors (Lipinski definition) is 1. The highest BCUT2D eigenvalue weighted by molar-refractivity contribution is 5.43. The maximum absolute atomic E-state index is 5.84. The fourth-order valence-corrected chi connectivity index (χ4v) is 4.38. The number of nitrogens with two attached hydrogens (primary N) is 1. The number of nitrogens with zero attached hydrogens (tertiary/aromatic N) is 2. The average Bonchev–Trinajstić information content (AvgIpc) is 3.18. The Bertz CT molecular complexity index is 492. The van der Waals surface area contributed by atoms with Crippen LogP contribution in [0.3, 0.4) is 0 Å². The van der Waals surface area contributed by atoms with Crippen LogP contribution in [-0.4, -0.2) is 48.6 Å². The first-order chi connectivity index (χ1) is 10.3. The third kappa shape index (κ3) is 2.69. The van der Waals surface area contributed by atoms with Gasteiger partial charge in [0.1, 0.15) is 0 Å². The smallest absolute Gasteiger partial charge is 0.0314 e. The van der Waals surface area contributed by atoms with E-state index in [-0.39, 0.29) is 0 Å². The molecule has 1 unspecified atom stereocenters. The molecule has 1 aromatic carbocycles. The Morgan fingerprint density at radius 3 is 2.57 bits per heavy atom. The van der Waals surface area contributed by atoms with Gasteiger partial charge < -0.3 is 10.6 Å². The van der Waals surface area contributed by atoms with Gasteiger partial charge >= 0.3 is 0 Å². The number of benzene rings is 1. The maximum atomic E-state index is 5.84. The zero-order valence-corrected chi connectivity index (χ0v) is 12.9. The van der Waals surface area contributed by atoms with Crippen molar-refractivity contribution in [2.45, 2.75) is 43.6 Å². The minimum absolute atomic E-state index is 0.432. The Morgan fingerprint density at radius 2 is 1.81 bits per heavy atom. The summed E-state index contributed by atoms with van der Waals surface area (Å²) in [4.78, 5) is 5.47. The molecule has 0 aromatic heterocycles. The minimum Gasteiger partial charge on any atom is -0.399 e. The van der Waals surface area contributed by atoms with Crippen LogP contribution in [0.15, 0.2) is 24.3 Å². The Labute approximate surface area is 128 Å². The van der Waals surface area contributed by atoms with Crippen LogP contribution < -0.4 is 5.73 Å². The van der Waals surface area contributed by atoms with Crippen molar-refractivity contribution in [2.24, 2.45) is 0 Å². The molecular formula is C18H27N3. The zero-order valence-electron chi connectivity index (χ0n) is 12.9. The normalized spacial score (nSPS) is 29.0. The monoisotopic (exact) mass is 285 g/mol. The average molecular weight is 285 g/mol. The molecule has 3 aliphatic rings. The van der Waals surface area contributed by atoms with Gasteiger partial charge in [-0.2, -0.15) is 0 Å². The lowest BCUT2D eigenvalue weighted by atomic mass is 9.94. The van der Waals surface area contributed by atoms with Crippen molar-refractivity contribution in [3.63, 3.8) is 0 Å². The summed E-state index contributed by atoms with van der Waals surface area (Å²) >= 11 is 0. The molecule has 1 atom stereocenters. The zero-order chi connectivity index (χ0) is 14.3. The van der Waals surface area contributed by atoms with Gasteiger partial charge in [0.2, 0.25) is 0 Å². The van der Waals surface area contributed by atoms with Crippen LogP contribution in [0.5, 0.6) is 0 Å². The second-order valence-corrected chi connectivity index (χ2v) is 7.32. The molecule has 2 N–H and O–H groups in total. The summed E-state index contributed by atoms with van der Waals surface area (Å²) in [5.41, 5.74) is 8.65. The molecule has 2 heterocycles. The Morgan fingerprint density at radius 1 is 1.05 bits per heavy atom. The van der Waals surface area contributed by atoms with Crippen LogP contribution in [0, 0.1) is 0 Å². The highest BCUT2D eigenvalue weighted by atomic mass is 15.3. The van der Waals surface area contributed by atoms with Gasteiger partial charge in [-0.15, -0.1) is 0 Å². The standard InChI is InChI=1S/C18H27N3/c19-16-6-4-15(5-7-16)18(8-9-18)14-20-10-2-12-21-11-1-3-17(21)13-20/h4-7,17H,1-3,8-14,19H2. The maximum Gasteiger partial charge on any atom is 0.0314 e. The molecule has 3 nitrogen and oxygen atoms in total. The summed E-state index contributed by atoms with van der Waals surface area (Å²) in [6.45, 7) is 6.47. The van der Waals surface area contributed by atoms with Crippen molar-refractivity contribution >= 4 is 5.69 Å². The van der Waals surface area contributed by atoms with Crippen molar-refractivity contribution < 1.29 is 0 Å². The largest absolute Gasteiger partial charge is 0.399 e. The van der Waals surface area contributed by atoms with Crippen molar-refractivity contribution in [1.82, 2.24) is 9.80 Å². The molecule has 2 saturated heterocycles. The molecule has 0 spiro atoms. The van der Waals surface area contributed by atoms with Crippen molar-refractivity contribution in [3.8, 4) is 0 Å². The molecule has 114 valence electrons. The predicted octanol–water partition coefficient (Wildman–Crippen LogP) is 2.47. The van der Waals surface area contributed by atoms with Crippen molar-refractivity contribution in [2.75, 3.05) is 38.5 Å². The lowest BCUT2D eigenvalue weighted by molar-refractivity contribution is 0.208. The third-order valence-electron chi connectivity index (χ3n) is 5.79. The van der Waals surface area contributed by atoms with Gasteiger partial charge in [-0.1, -0.05) is 12.1 Å². The minimum atomic E-state index is 0.432. The van der Waals surface area contributed by atoms with Gasteiger partial charge in [0.05, 0.1) is 0 Å². The number of rotatable bonds is 3. The highest BCUT2D eigenvalue weighted by Gasteiger charge is 2.46. The number of hydrogen-bond acceptors (Lipinski definition) is 3. The topological polar surface area (TPSA) is 32.5 Å². The molecule has 2 aliphatic heterocycles. The molecule has 1 aromatic rings. The number of fused-ring (bicyclic) bond motifs is 1. The first kappa shape index (κ1) is 13.6. The molecule has 1 aliphatic carbocycles. The molecule has 21 heavy (non-hydrogen) atoms. The first-order valence-electron chi connectivity index (χ1n) is 8.58. The van der Waals surface area contributed by atoms with E-state index in [1.165, 1.54) is 70.4 Å². The van der Waals surface area contributed by atoms with Gasteiger partial charge in [0, 0.05) is 30.2 Å². The fraction of sp³-hybridized carbons (Fsp3) is 0.667. The van der Waals surface area contributed by atoms with E-state index in [0.29, 0.717) is 5.41 Å².